The van der Waals surface area contributed by atoms with Gasteiger partial charge in [-0.05, 0) is 44.0 Å². The molecule has 1 amide bonds. The monoisotopic (exact) mass is 478 g/mol. The number of rotatable bonds is 6. The van der Waals surface area contributed by atoms with E-state index in [2.05, 4.69) is 15.5 Å². The largest absolute Gasteiger partial charge is 0.339 e. The average molecular weight is 479 g/mol. The van der Waals surface area contributed by atoms with Gasteiger partial charge in [-0.25, -0.2) is 12.8 Å². The highest BCUT2D eigenvalue weighted by atomic mass is 32.2. The summed E-state index contributed by atoms with van der Waals surface area (Å²) in [5.41, 5.74) is 0.347. The Kier molecular flexibility index (Phi) is 6.40. The zero-order valence-electron chi connectivity index (χ0n) is 17.7. The number of thiophene rings is 1. The lowest BCUT2D eigenvalue weighted by Crippen LogP contribution is -2.43. The van der Waals surface area contributed by atoms with Crippen LogP contribution in [0.3, 0.4) is 0 Å². The van der Waals surface area contributed by atoms with E-state index in [9.17, 15) is 17.6 Å². The van der Waals surface area contributed by atoms with Gasteiger partial charge in [-0.2, -0.15) is 9.29 Å². The predicted octanol–water partition coefficient (Wildman–Crippen LogP) is 3.85. The molecule has 170 valence electrons. The second-order valence-corrected chi connectivity index (χ2v) is 10.8. The van der Waals surface area contributed by atoms with Crippen LogP contribution in [0, 0.1) is 18.7 Å². The summed E-state index contributed by atoms with van der Waals surface area (Å²) in [7, 11) is -3.81. The van der Waals surface area contributed by atoms with Gasteiger partial charge in [0.1, 0.15) is 5.82 Å². The molecule has 1 N–H and O–H groups in total. The summed E-state index contributed by atoms with van der Waals surface area (Å²) >= 11 is 1.29. The van der Waals surface area contributed by atoms with E-state index >= 15 is 0 Å². The van der Waals surface area contributed by atoms with E-state index in [1.165, 1.54) is 33.8 Å². The quantitative estimate of drug-likeness (QED) is 0.577. The fourth-order valence-corrected chi connectivity index (χ4v) is 6.66. The van der Waals surface area contributed by atoms with E-state index in [0.717, 1.165) is 0 Å². The maximum atomic E-state index is 13.4. The molecule has 8 nitrogen and oxygen atoms in total. The zero-order valence-corrected chi connectivity index (χ0v) is 19.3. The third-order valence-electron chi connectivity index (χ3n) is 5.33. The fourth-order valence-electron chi connectivity index (χ4n) is 3.65. The van der Waals surface area contributed by atoms with E-state index in [1.807, 2.05) is 6.92 Å². The van der Waals surface area contributed by atoms with Crippen molar-refractivity contribution in [3.63, 3.8) is 0 Å². The number of benzene rings is 1. The van der Waals surface area contributed by atoms with Gasteiger partial charge in [-0.1, -0.05) is 18.1 Å². The minimum atomic E-state index is -3.81. The van der Waals surface area contributed by atoms with E-state index < -0.39 is 21.8 Å². The molecule has 3 heterocycles. The molecule has 0 aliphatic carbocycles. The van der Waals surface area contributed by atoms with Crippen molar-refractivity contribution in [3.05, 3.63) is 46.9 Å². The van der Waals surface area contributed by atoms with Crippen molar-refractivity contribution in [2.24, 2.45) is 5.92 Å². The minimum absolute atomic E-state index is 0.0658. The summed E-state index contributed by atoms with van der Waals surface area (Å²) < 4.78 is 46.6. The molecule has 4 rings (SSSR count). The van der Waals surface area contributed by atoms with Crippen LogP contribution in [0.1, 0.15) is 30.5 Å². The number of piperidine rings is 1. The third-order valence-corrected chi connectivity index (χ3v) is 8.50. The fraction of sp³-hybridized carbons (Fsp3) is 0.381. The molecule has 3 aromatic rings. The van der Waals surface area contributed by atoms with Crippen LogP contribution in [0.15, 0.2) is 39.8 Å². The summed E-state index contributed by atoms with van der Waals surface area (Å²) in [6.07, 6.45) is 1.71. The van der Waals surface area contributed by atoms with Gasteiger partial charge in [-0.3, -0.25) is 4.79 Å². The van der Waals surface area contributed by atoms with Crippen LogP contribution in [0.5, 0.6) is 0 Å². The molecule has 1 atom stereocenters. The van der Waals surface area contributed by atoms with Crippen molar-refractivity contribution in [1.82, 2.24) is 14.4 Å². The van der Waals surface area contributed by atoms with Gasteiger partial charge in [-0.15, -0.1) is 11.3 Å². The Morgan fingerprint density at radius 3 is 2.91 bits per heavy atom. The van der Waals surface area contributed by atoms with Crippen LogP contribution in [0.4, 0.5) is 10.1 Å². The van der Waals surface area contributed by atoms with Crippen LogP contribution in [-0.2, 0) is 21.2 Å². The van der Waals surface area contributed by atoms with Crippen LogP contribution in [0.2, 0.25) is 0 Å². The van der Waals surface area contributed by atoms with Gasteiger partial charge in [0, 0.05) is 30.1 Å². The minimum Gasteiger partial charge on any atom is -0.339 e. The average Bonchev–Trinajstić information content (AvgIpc) is 3.40. The highest BCUT2D eigenvalue weighted by Crippen LogP contribution is 2.35. The summed E-state index contributed by atoms with van der Waals surface area (Å²) in [5.74, 6) is -0.449. The lowest BCUT2D eigenvalue weighted by atomic mass is 9.99. The van der Waals surface area contributed by atoms with E-state index in [1.54, 1.807) is 19.1 Å². The highest BCUT2D eigenvalue weighted by molar-refractivity contribution is 7.89. The number of hydrogen-bond acceptors (Lipinski definition) is 7. The van der Waals surface area contributed by atoms with Gasteiger partial charge >= 0.3 is 0 Å². The Hall–Kier alpha value is -2.63. The van der Waals surface area contributed by atoms with Gasteiger partial charge < -0.3 is 9.84 Å². The number of sulfonamides is 1. The number of carbonyl (C=O) groups is 1. The first-order valence-electron chi connectivity index (χ1n) is 10.3. The topological polar surface area (TPSA) is 105 Å². The molecule has 1 fully saturated rings. The molecule has 1 aliphatic heterocycles. The van der Waals surface area contributed by atoms with Crippen LogP contribution in [0.25, 0.3) is 10.7 Å². The predicted molar refractivity (Wildman–Crippen MR) is 118 cm³/mol. The molecule has 11 heteroatoms. The Morgan fingerprint density at radius 1 is 1.38 bits per heavy atom. The molecular formula is C21H23FN4O4S2. The van der Waals surface area contributed by atoms with Gasteiger partial charge in [0.25, 0.3) is 0 Å². The summed E-state index contributed by atoms with van der Waals surface area (Å²) in [5, 5.41) is 6.61. The van der Waals surface area contributed by atoms with Gasteiger partial charge in [0.2, 0.25) is 27.6 Å². The first kappa shape index (κ1) is 22.6. The number of anilines is 1. The van der Waals surface area contributed by atoms with E-state index in [4.69, 9.17) is 4.52 Å². The number of nitrogens with one attached hydrogen (secondary N) is 1. The lowest BCUT2D eigenvalue weighted by Gasteiger charge is -2.31. The van der Waals surface area contributed by atoms with Crippen molar-refractivity contribution in [1.29, 1.82) is 0 Å². The normalized spacial score (nSPS) is 17.4. The molecule has 0 saturated carbocycles. The zero-order chi connectivity index (χ0) is 22.9. The summed E-state index contributed by atoms with van der Waals surface area (Å²) in [6.45, 7) is 4.03. The molecule has 32 heavy (non-hydrogen) atoms. The van der Waals surface area contributed by atoms with Crippen LogP contribution >= 0.6 is 11.3 Å². The molecule has 0 spiro atoms. The molecule has 1 aromatic carbocycles. The summed E-state index contributed by atoms with van der Waals surface area (Å²) in [4.78, 5) is 18.4. The van der Waals surface area contributed by atoms with Crippen LogP contribution in [-0.4, -0.2) is 41.9 Å². The number of halogens is 1. The molecule has 1 aliphatic rings. The number of nitrogens with zero attached hydrogens (tertiary/aromatic N) is 3. The highest BCUT2D eigenvalue weighted by Gasteiger charge is 2.35. The Bertz CT molecular complexity index is 1240. The van der Waals surface area contributed by atoms with E-state index in [-0.39, 0.29) is 17.3 Å². The molecule has 0 radical (unpaired) electrons. The number of aryl methyl sites for hydroxylation is 2. The standard InChI is InChI=1S/C21H23FN4O4S2/c1-3-19-24-20(25-30-19)17-11-18(13(2)31-17)32(28,29)26-9-5-6-14(12-26)21(27)23-16-8-4-7-15(22)10-16/h4,7-8,10-11,14H,3,5-6,9,12H2,1-2H3,(H,23,27)/t14-/m0/s1. The number of carbonyl (C=O) groups excluding carboxylic acids is 1. The van der Waals surface area contributed by atoms with Crippen LogP contribution < -0.4 is 5.32 Å². The van der Waals surface area contributed by atoms with E-state index in [0.29, 0.717) is 53.0 Å². The third kappa shape index (κ3) is 4.59. The second kappa shape index (κ2) is 9.08. The van der Waals surface area contributed by atoms with Crippen molar-refractivity contribution < 1.29 is 22.1 Å². The molecule has 2 aromatic heterocycles. The number of aromatic nitrogens is 2. The molecule has 1 saturated heterocycles. The number of hydrogen-bond donors (Lipinski definition) is 1. The van der Waals surface area contributed by atoms with Crippen molar-refractivity contribution in [2.75, 3.05) is 18.4 Å². The maximum Gasteiger partial charge on any atom is 0.244 e. The Labute approximate surface area is 189 Å². The summed E-state index contributed by atoms with van der Waals surface area (Å²) in [6, 6.07) is 7.19. The first-order valence-corrected chi connectivity index (χ1v) is 12.5. The van der Waals surface area contributed by atoms with Crippen molar-refractivity contribution in [3.8, 4) is 10.7 Å². The Balaban J connectivity index is 1.52. The van der Waals surface area contributed by atoms with Crippen molar-refractivity contribution in [2.45, 2.75) is 38.0 Å². The first-order chi connectivity index (χ1) is 15.3. The molecule has 0 unspecified atom stereocenters. The van der Waals surface area contributed by atoms with Crippen molar-refractivity contribution >= 4 is 33.0 Å². The maximum absolute atomic E-state index is 13.4. The number of amides is 1. The van der Waals surface area contributed by atoms with Gasteiger partial charge in [0.15, 0.2) is 0 Å². The Morgan fingerprint density at radius 2 is 2.19 bits per heavy atom. The molecule has 0 bridgehead atoms. The smallest absolute Gasteiger partial charge is 0.244 e. The second-order valence-electron chi connectivity index (χ2n) is 7.60. The molecular weight excluding hydrogens is 455 g/mol. The SMILES string of the molecule is CCc1nc(-c2cc(S(=O)(=O)N3CCC[C@H](C(=O)Nc4cccc(F)c4)C3)c(C)s2)no1. The lowest BCUT2D eigenvalue weighted by molar-refractivity contribution is -0.120. The van der Waals surface area contributed by atoms with Gasteiger partial charge in [0.05, 0.1) is 15.7 Å².